The van der Waals surface area contributed by atoms with Gasteiger partial charge in [-0.3, -0.25) is 9.59 Å². The van der Waals surface area contributed by atoms with Crippen LogP contribution in [0.15, 0.2) is 41.5 Å². The Bertz CT molecular complexity index is 891. The first kappa shape index (κ1) is 17.7. The van der Waals surface area contributed by atoms with Gasteiger partial charge in [0.15, 0.2) is 0 Å². The summed E-state index contributed by atoms with van der Waals surface area (Å²) in [5.74, 6) is 0.743. The molecule has 1 fully saturated rings. The van der Waals surface area contributed by atoms with E-state index in [2.05, 4.69) is 21.3 Å². The fraction of sp³-hybridized carbons (Fsp3) is 0.368. The molecule has 3 rings (SSSR count). The van der Waals surface area contributed by atoms with Crippen molar-refractivity contribution >= 4 is 11.7 Å². The van der Waals surface area contributed by atoms with E-state index in [1.807, 2.05) is 0 Å². The van der Waals surface area contributed by atoms with Crippen LogP contribution in [0, 0.1) is 17.2 Å². The molecule has 0 saturated carbocycles. The van der Waals surface area contributed by atoms with Gasteiger partial charge in [0, 0.05) is 39.1 Å². The van der Waals surface area contributed by atoms with Gasteiger partial charge in [0.1, 0.15) is 17.5 Å². The van der Waals surface area contributed by atoms with Crippen LogP contribution in [0.5, 0.6) is 0 Å². The smallest absolute Gasteiger partial charge is 0.263 e. The van der Waals surface area contributed by atoms with E-state index in [0.29, 0.717) is 18.0 Å². The minimum atomic E-state index is -0.329. The van der Waals surface area contributed by atoms with E-state index >= 15 is 0 Å². The number of piperidine rings is 1. The summed E-state index contributed by atoms with van der Waals surface area (Å²) in [7, 11) is 1.63. The molecule has 1 amide bonds. The summed E-state index contributed by atoms with van der Waals surface area (Å²) in [4.78, 5) is 30.7. The lowest BCUT2D eigenvalue weighted by molar-refractivity contribution is 0.0943. The van der Waals surface area contributed by atoms with Gasteiger partial charge in [-0.1, -0.05) is 0 Å². The second kappa shape index (κ2) is 7.83. The number of amides is 1. The summed E-state index contributed by atoms with van der Waals surface area (Å²) in [5, 5.41) is 12.1. The minimum Gasteiger partial charge on any atom is -0.356 e. The highest BCUT2D eigenvalue weighted by atomic mass is 16.2. The Morgan fingerprint density at radius 3 is 2.85 bits per heavy atom. The summed E-state index contributed by atoms with van der Waals surface area (Å²) >= 11 is 0. The number of aromatic nitrogens is 2. The van der Waals surface area contributed by atoms with Crippen LogP contribution >= 0.6 is 0 Å². The van der Waals surface area contributed by atoms with Gasteiger partial charge in [-0.15, -0.1) is 0 Å². The highest BCUT2D eigenvalue weighted by Crippen LogP contribution is 2.23. The van der Waals surface area contributed by atoms with Crippen molar-refractivity contribution in [1.82, 2.24) is 14.9 Å². The molecule has 0 aromatic carbocycles. The predicted molar refractivity (Wildman–Crippen MR) is 97.9 cm³/mol. The van der Waals surface area contributed by atoms with E-state index < -0.39 is 0 Å². The molecule has 0 unspecified atom stereocenters. The van der Waals surface area contributed by atoms with Crippen molar-refractivity contribution in [3.8, 4) is 6.07 Å². The number of nitrogens with zero attached hydrogens (tertiary/aromatic N) is 4. The first-order valence-corrected chi connectivity index (χ1v) is 8.64. The zero-order chi connectivity index (χ0) is 18.5. The van der Waals surface area contributed by atoms with E-state index in [4.69, 9.17) is 0 Å². The van der Waals surface area contributed by atoms with Crippen LogP contribution in [0.2, 0.25) is 0 Å². The lowest BCUT2D eigenvalue weighted by atomic mass is 9.96. The van der Waals surface area contributed by atoms with Crippen molar-refractivity contribution in [3.63, 3.8) is 0 Å². The van der Waals surface area contributed by atoms with Crippen LogP contribution in [0.4, 0.5) is 5.82 Å². The molecule has 7 nitrogen and oxygen atoms in total. The van der Waals surface area contributed by atoms with Crippen LogP contribution < -0.4 is 15.8 Å². The number of anilines is 1. The Morgan fingerprint density at radius 2 is 2.12 bits per heavy atom. The molecule has 1 N–H and O–H groups in total. The zero-order valence-electron chi connectivity index (χ0n) is 14.7. The number of hydrogen-bond acceptors (Lipinski definition) is 5. The second-order valence-electron chi connectivity index (χ2n) is 6.46. The van der Waals surface area contributed by atoms with Gasteiger partial charge < -0.3 is 14.8 Å². The normalized spacial score (nSPS) is 14.7. The second-order valence-corrected chi connectivity index (χ2v) is 6.46. The monoisotopic (exact) mass is 351 g/mol. The van der Waals surface area contributed by atoms with E-state index in [9.17, 15) is 14.9 Å². The number of rotatable bonds is 4. The molecular formula is C19H21N5O2. The topological polar surface area (TPSA) is 91.0 Å². The largest absolute Gasteiger partial charge is 0.356 e. The van der Waals surface area contributed by atoms with E-state index in [1.165, 1.54) is 4.57 Å². The van der Waals surface area contributed by atoms with Gasteiger partial charge >= 0.3 is 0 Å². The fourth-order valence-corrected chi connectivity index (χ4v) is 3.19. The van der Waals surface area contributed by atoms with Crippen LogP contribution in [0.1, 0.15) is 28.8 Å². The maximum atomic E-state index is 12.2. The molecule has 134 valence electrons. The van der Waals surface area contributed by atoms with Crippen LogP contribution in [-0.2, 0) is 7.05 Å². The highest BCUT2D eigenvalue weighted by Gasteiger charge is 2.22. The van der Waals surface area contributed by atoms with Crippen molar-refractivity contribution in [2.75, 3.05) is 24.5 Å². The first-order chi connectivity index (χ1) is 12.6. The van der Waals surface area contributed by atoms with Gasteiger partial charge in [-0.2, -0.15) is 5.26 Å². The molecule has 0 radical (unpaired) electrons. The molecule has 1 saturated heterocycles. The molecule has 26 heavy (non-hydrogen) atoms. The standard InChI is InChI=1S/C19H21N5O2/c1-23-9-3-5-16(19(23)26)18(25)22-13-14-6-10-24(11-7-14)17-15(12-20)4-2-8-21-17/h2-5,8-9,14H,6-7,10-11,13H2,1H3,(H,22,25). The Morgan fingerprint density at radius 1 is 1.35 bits per heavy atom. The molecule has 3 heterocycles. The summed E-state index contributed by atoms with van der Waals surface area (Å²) in [5.41, 5.74) is 0.456. The zero-order valence-corrected chi connectivity index (χ0v) is 14.7. The number of carbonyl (C=O) groups excluding carboxylic acids is 1. The predicted octanol–water partition coefficient (Wildman–Crippen LogP) is 1.30. The maximum Gasteiger partial charge on any atom is 0.263 e. The Kier molecular flexibility index (Phi) is 5.32. The van der Waals surface area contributed by atoms with E-state index in [1.54, 1.807) is 43.7 Å². The number of pyridine rings is 2. The molecule has 0 bridgehead atoms. The van der Waals surface area contributed by atoms with Gasteiger partial charge in [-0.05, 0) is 43.0 Å². The Labute approximate surface area is 151 Å². The summed E-state index contributed by atoms with van der Waals surface area (Å²) in [6.07, 6.45) is 5.12. The van der Waals surface area contributed by atoms with E-state index in [0.717, 1.165) is 31.7 Å². The summed E-state index contributed by atoms with van der Waals surface area (Å²) in [6, 6.07) is 8.95. The van der Waals surface area contributed by atoms with Gasteiger partial charge in [0.2, 0.25) is 0 Å². The minimum absolute atomic E-state index is 0.166. The number of aryl methyl sites for hydroxylation is 1. The third-order valence-electron chi connectivity index (χ3n) is 4.74. The summed E-state index contributed by atoms with van der Waals surface area (Å²) in [6.45, 7) is 2.12. The molecular weight excluding hydrogens is 330 g/mol. The van der Waals surface area contributed by atoms with Crippen LogP contribution in [0.3, 0.4) is 0 Å². The van der Waals surface area contributed by atoms with Crippen molar-refractivity contribution in [3.05, 3.63) is 58.1 Å². The first-order valence-electron chi connectivity index (χ1n) is 8.64. The molecule has 0 aliphatic carbocycles. The number of nitrogens with one attached hydrogen (secondary N) is 1. The number of hydrogen-bond donors (Lipinski definition) is 1. The van der Waals surface area contributed by atoms with Gasteiger partial charge in [0.05, 0.1) is 5.56 Å². The molecule has 7 heteroatoms. The average Bonchev–Trinajstić information content (AvgIpc) is 2.68. The van der Waals surface area contributed by atoms with Crippen molar-refractivity contribution < 1.29 is 4.79 Å². The average molecular weight is 351 g/mol. The molecule has 1 aliphatic rings. The van der Waals surface area contributed by atoms with E-state index in [-0.39, 0.29) is 17.0 Å². The Balaban J connectivity index is 1.55. The highest BCUT2D eigenvalue weighted by molar-refractivity contribution is 5.93. The number of nitriles is 1. The van der Waals surface area contributed by atoms with Crippen molar-refractivity contribution in [2.24, 2.45) is 13.0 Å². The van der Waals surface area contributed by atoms with Crippen molar-refractivity contribution in [2.45, 2.75) is 12.8 Å². The van der Waals surface area contributed by atoms with Gasteiger partial charge in [-0.25, -0.2) is 4.98 Å². The van der Waals surface area contributed by atoms with Crippen LogP contribution in [0.25, 0.3) is 0 Å². The molecule has 0 spiro atoms. The summed E-state index contributed by atoms with van der Waals surface area (Å²) < 4.78 is 1.40. The third kappa shape index (κ3) is 3.75. The Hall–Kier alpha value is -3.14. The SMILES string of the molecule is Cn1cccc(C(=O)NCC2CCN(c3ncccc3C#N)CC2)c1=O. The quantitative estimate of drug-likeness (QED) is 0.896. The van der Waals surface area contributed by atoms with Crippen molar-refractivity contribution in [1.29, 1.82) is 5.26 Å². The van der Waals surface area contributed by atoms with Crippen LogP contribution in [-0.4, -0.2) is 35.1 Å². The lowest BCUT2D eigenvalue weighted by Gasteiger charge is -2.33. The molecule has 2 aromatic rings. The number of carbonyl (C=O) groups is 1. The fourth-order valence-electron chi connectivity index (χ4n) is 3.19. The maximum absolute atomic E-state index is 12.2. The molecule has 1 aliphatic heterocycles. The lowest BCUT2D eigenvalue weighted by Crippen LogP contribution is -2.40. The molecule has 2 aromatic heterocycles. The third-order valence-corrected chi connectivity index (χ3v) is 4.74. The molecule has 0 atom stereocenters. The van der Waals surface area contributed by atoms with Gasteiger partial charge in [0.25, 0.3) is 11.5 Å².